The lowest BCUT2D eigenvalue weighted by molar-refractivity contribution is 0.0702. The number of anilines is 2. The van der Waals surface area contributed by atoms with Crippen molar-refractivity contribution in [2.45, 2.75) is 39.7 Å². The molecule has 0 bridgehead atoms. The Kier molecular flexibility index (Phi) is 5.09. The number of fused-ring (bicyclic) bond motifs is 1. The Morgan fingerprint density at radius 3 is 2.59 bits per heavy atom. The van der Waals surface area contributed by atoms with Gasteiger partial charge >= 0.3 is 0 Å². The maximum Gasteiger partial charge on any atom is 0.290 e. The van der Waals surface area contributed by atoms with E-state index >= 15 is 0 Å². The first kappa shape index (κ1) is 20.2. The lowest BCUT2D eigenvalue weighted by Crippen LogP contribution is -2.31. The molecule has 0 radical (unpaired) electrons. The number of nitrogens with zero attached hydrogens (tertiary/aromatic N) is 4. The number of carbonyl (C=O) groups excluding carboxylic acids is 1. The Bertz CT molecular complexity index is 1290. The van der Waals surface area contributed by atoms with Crippen molar-refractivity contribution < 1.29 is 9.21 Å². The summed E-state index contributed by atoms with van der Waals surface area (Å²) in [6.07, 6.45) is 1.79. The van der Waals surface area contributed by atoms with Gasteiger partial charge in [0.1, 0.15) is 11.4 Å². The van der Waals surface area contributed by atoms with E-state index in [0.29, 0.717) is 24.1 Å². The fraction of sp³-hybridized carbons (Fsp3) is 0.280. The van der Waals surface area contributed by atoms with Gasteiger partial charge in [0.2, 0.25) is 5.95 Å². The number of benzene rings is 1. The van der Waals surface area contributed by atoms with Crippen LogP contribution in [0.2, 0.25) is 0 Å². The molecule has 7 heteroatoms. The van der Waals surface area contributed by atoms with Gasteiger partial charge in [0.15, 0.2) is 5.76 Å². The summed E-state index contributed by atoms with van der Waals surface area (Å²) in [6.45, 7) is 6.49. The summed E-state index contributed by atoms with van der Waals surface area (Å²) in [5.74, 6) is 1.51. The molecule has 1 aromatic carbocycles. The van der Waals surface area contributed by atoms with Gasteiger partial charge in [0, 0.05) is 28.9 Å². The Hall–Kier alpha value is -3.74. The van der Waals surface area contributed by atoms with Gasteiger partial charge < -0.3 is 14.6 Å². The summed E-state index contributed by atoms with van der Waals surface area (Å²) < 4.78 is 5.94. The van der Waals surface area contributed by atoms with Gasteiger partial charge in [-0.2, -0.15) is 0 Å². The Balaban J connectivity index is 1.42. The second kappa shape index (κ2) is 8.07. The van der Waals surface area contributed by atoms with Gasteiger partial charge in [-0.25, -0.2) is 15.0 Å². The molecule has 4 aromatic rings. The average Bonchev–Trinajstić information content (AvgIpc) is 3.38. The maximum atomic E-state index is 13.4. The third-order valence-corrected chi connectivity index (χ3v) is 5.89. The molecule has 1 atom stereocenters. The van der Waals surface area contributed by atoms with E-state index in [4.69, 9.17) is 9.40 Å². The molecular formula is C25H25N5O2. The molecule has 1 aliphatic heterocycles. The number of hydrogen-bond donors (Lipinski definition) is 1. The average molecular weight is 428 g/mol. The van der Waals surface area contributed by atoms with Crippen molar-refractivity contribution in [2.75, 3.05) is 11.9 Å². The predicted octanol–water partition coefficient (Wildman–Crippen LogP) is 5.26. The number of rotatable bonds is 4. The molecule has 0 spiro atoms. The topological polar surface area (TPSA) is 84.2 Å². The Morgan fingerprint density at radius 1 is 1.03 bits per heavy atom. The highest BCUT2D eigenvalue weighted by atomic mass is 16.3. The van der Waals surface area contributed by atoms with E-state index in [2.05, 4.69) is 15.3 Å². The number of furan rings is 1. The zero-order chi connectivity index (χ0) is 22.2. The van der Waals surface area contributed by atoms with E-state index in [9.17, 15) is 4.79 Å². The molecule has 1 saturated heterocycles. The van der Waals surface area contributed by atoms with Crippen molar-refractivity contribution in [3.63, 3.8) is 0 Å². The van der Waals surface area contributed by atoms with Gasteiger partial charge in [-0.15, -0.1) is 0 Å². The van der Waals surface area contributed by atoms with E-state index in [1.165, 1.54) is 0 Å². The van der Waals surface area contributed by atoms with Crippen molar-refractivity contribution in [3.05, 3.63) is 76.9 Å². The molecule has 1 amide bonds. The largest absolute Gasteiger partial charge is 0.451 e. The monoisotopic (exact) mass is 427 g/mol. The first-order valence-corrected chi connectivity index (χ1v) is 10.8. The quantitative estimate of drug-likeness (QED) is 0.478. The first-order valence-electron chi connectivity index (χ1n) is 10.8. The summed E-state index contributed by atoms with van der Waals surface area (Å²) in [5.41, 5.74) is 4.25. The van der Waals surface area contributed by atoms with Crippen LogP contribution in [0.1, 0.15) is 52.1 Å². The SMILES string of the molecule is Cc1cc(C)nc(Nc2cccc(C3CCCN3C(=O)c3oc4ccccc4c3C)n2)n1. The molecule has 1 N–H and O–H groups in total. The van der Waals surface area contributed by atoms with Crippen molar-refractivity contribution in [1.82, 2.24) is 19.9 Å². The van der Waals surface area contributed by atoms with E-state index in [1.54, 1.807) is 0 Å². The standard InChI is InChI=1S/C25H25N5O2/c1-15-14-16(2)27-25(26-15)29-22-12-6-9-19(28-22)20-10-7-13-30(20)24(31)23-17(3)18-8-4-5-11-21(18)32-23/h4-6,8-9,11-12,14,20H,7,10,13H2,1-3H3,(H,26,27,28,29). The molecule has 4 heterocycles. The zero-order valence-electron chi connectivity index (χ0n) is 18.4. The number of aromatic nitrogens is 3. The second-order valence-corrected chi connectivity index (χ2v) is 8.26. The molecule has 0 saturated carbocycles. The van der Waals surface area contributed by atoms with E-state index in [0.717, 1.165) is 46.5 Å². The Morgan fingerprint density at radius 2 is 1.81 bits per heavy atom. The van der Waals surface area contributed by atoms with Crippen LogP contribution in [0.3, 0.4) is 0 Å². The van der Waals surface area contributed by atoms with Crippen LogP contribution in [0.4, 0.5) is 11.8 Å². The highest BCUT2D eigenvalue weighted by molar-refractivity contribution is 5.99. The Labute approximate surface area is 186 Å². The summed E-state index contributed by atoms with van der Waals surface area (Å²) in [4.78, 5) is 29.0. The van der Waals surface area contributed by atoms with E-state index in [1.807, 2.05) is 74.2 Å². The predicted molar refractivity (Wildman–Crippen MR) is 123 cm³/mol. The summed E-state index contributed by atoms with van der Waals surface area (Å²) in [7, 11) is 0. The van der Waals surface area contributed by atoms with Gasteiger partial charge in [-0.05, 0) is 57.9 Å². The van der Waals surface area contributed by atoms with Crippen molar-refractivity contribution in [2.24, 2.45) is 0 Å². The highest BCUT2D eigenvalue weighted by Gasteiger charge is 2.34. The number of likely N-dealkylation sites (tertiary alicyclic amines) is 1. The van der Waals surface area contributed by atoms with Crippen molar-refractivity contribution >= 4 is 28.6 Å². The summed E-state index contributed by atoms with van der Waals surface area (Å²) in [5, 5.41) is 4.17. The molecular weight excluding hydrogens is 402 g/mol. The zero-order valence-corrected chi connectivity index (χ0v) is 18.4. The fourth-order valence-corrected chi connectivity index (χ4v) is 4.43. The molecule has 0 aliphatic carbocycles. The third-order valence-electron chi connectivity index (χ3n) is 5.89. The first-order chi connectivity index (χ1) is 15.5. The smallest absolute Gasteiger partial charge is 0.290 e. The van der Waals surface area contributed by atoms with Crippen molar-refractivity contribution in [3.8, 4) is 0 Å². The molecule has 162 valence electrons. The number of aryl methyl sites for hydroxylation is 3. The number of carbonyl (C=O) groups is 1. The van der Waals surface area contributed by atoms with Crippen LogP contribution in [-0.2, 0) is 0 Å². The highest BCUT2D eigenvalue weighted by Crippen LogP contribution is 2.35. The normalized spacial score (nSPS) is 16.0. The number of nitrogens with one attached hydrogen (secondary N) is 1. The number of hydrogen-bond acceptors (Lipinski definition) is 6. The van der Waals surface area contributed by atoms with Gasteiger partial charge in [0.25, 0.3) is 5.91 Å². The molecule has 32 heavy (non-hydrogen) atoms. The minimum Gasteiger partial charge on any atom is -0.451 e. The van der Waals surface area contributed by atoms with Crippen LogP contribution in [0.5, 0.6) is 0 Å². The van der Waals surface area contributed by atoms with Crippen LogP contribution >= 0.6 is 0 Å². The minimum absolute atomic E-state index is 0.0843. The summed E-state index contributed by atoms with van der Waals surface area (Å²) >= 11 is 0. The van der Waals surface area contributed by atoms with Crippen LogP contribution in [-0.4, -0.2) is 32.3 Å². The lowest BCUT2D eigenvalue weighted by Gasteiger charge is -2.24. The second-order valence-electron chi connectivity index (χ2n) is 8.26. The fourth-order valence-electron chi connectivity index (χ4n) is 4.43. The van der Waals surface area contributed by atoms with E-state index in [-0.39, 0.29) is 11.9 Å². The maximum absolute atomic E-state index is 13.4. The number of pyridine rings is 1. The minimum atomic E-state index is -0.1000. The lowest BCUT2D eigenvalue weighted by atomic mass is 10.1. The van der Waals surface area contributed by atoms with E-state index < -0.39 is 0 Å². The van der Waals surface area contributed by atoms with Crippen LogP contribution in [0.25, 0.3) is 11.0 Å². The molecule has 5 rings (SSSR count). The number of amides is 1. The van der Waals surface area contributed by atoms with Crippen LogP contribution in [0, 0.1) is 20.8 Å². The van der Waals surface area contributed by atoms with Gasteiger partial charge in [0.05, 0.1) is 11.7 Å². The number of para-hydroxylation sites is 1. The van der Waals surface area contributed by atoms with Crippen LogP contribution in [0.15, 0.2) is 52.9 Å². The van der Waals surface area contributed by atoms with Crippen molar-refractivity contribution in [1.29, 1.82) is 0 Å². The molecule has 1 fully saturated rings. The summed E-state index contributed by atoms with van der Waals surface area (Å²) in [6, 6.07) is 15.4. The molecule has 3 aromatic heterocycles. The third kappa shape index (κ3) is 3.70. The van der Waals surface area contributed by atoms with Gasteiger partial charge in [-0.1, -0.05) is 24.3 Å². The molecule has 7 nitrogen and oxygen atoms in total. The molecule has 1 unspecified atom stereocenters. The van der Waals surface area contributed by atoms with Crippen LogP contribution < -0.4 is 5.32 Å². The van der Waals surface area contributed by atoms with Gasteiger partial charge in [-0.3, -0.25) is 4.79 Å². The molecule has 1 aliphatic rings.